The molecular formula is C10H17O. The summed E-state index contributed by atoms with van der Waals surface area (Å²) in [4.78, 5) is 0. The Balaban J connectivity index is 1.76. The zero-order chi connectivity index (χ0) is 7.52. The minimum atomic E-state index is 0.654. The third kappa shape index (κ3) is 2.19. The minimum absolute atomic E-state index is 0.654. The van der Waals surface area contributed by atoms with Crippen LogP contribution in [-0.2, 0) is 4.74 Å². The molecule has 1 heteroatoms. The van der Waals surface area contributed by atoms with Gasteiger partial charge in [0.2, 0.25) is 0 Å². The Bertz CT molecular complexity index is 110. The first-order valence-corrected chi connectivity index (χ1v) is 4.90. The van der Waals surface area contributed by atoms with Crippen molar-refractivity contribution in [2.75, 3.05) is 6.61 Å². The lowest BCUT2D eigenvalue weighted by Gasteiger charge is -2.16. The van der Waals surface area contributed by atoms with E-state index >= 15 is 0 Å². The molecule has 0 bridgehead atoms. The van der Waals surface area contributed by atoms with Gasteiger partial charge in [-0.15, -0.1) is 0 Å². The fourth-order valence-electron chi connectivity index (χ4n) is 2.02. The average molecular weight is 153 g/mol. The van der Waals surface area contributed by atoms with E-state index in [1.54, 1.807) is 0 Å². The van der Waals surface area contributed by atoms with Crippen LogP contribution in [0.3, 0.4) is 0 Å². The molecule has 1 radical (unpaired) electrons. The second kappa shape index (κ2) is 3.57. The predicted molar refractivity (Wildman–Crippen MR) is 45.2 cm³/mol. The van der Waals surface area contributed by atoms with Gasteiger partial charge in [0.05, 0.1) is 12.7 Å². The van der Waals surface area contributed by atoms with E-state index in [1.165, 1.54) is 38.5 Å². The molecule has 2 atom stereocenters. The molecule has 0 amide bonds. The fraction of sp³-hybridized carbons (Fsp3) is 0.900. The standard InChI is InChI=1S/C10H17O/c1-2-4-6-9(7-5-3-1)10-8-11-10/h2,9-10H,1,3-8H2. The van der Waals surface area contributed by atoms with Crippen LogP contribution < -0.4 is 0 Å². The molecule has 1 aliphatic carbocycles. The maximum absolute atomic E-state index is 5.33. The molecule has 1 saturated heterocycles. The Morgan fingerprint density at radius 2 is 2.00 bits per heavy atom. The van der Waals surface area contributed by atoms with E-state index in [4.69, 9.17) is 4.74 Å². The van der Waals surface area contributed by atoms with Crippen LogP contribution in [0, 0.1) is 12.3 Å². The third-order valence-electron chi connectivity index (χ3n) is 2.86. The Kier molecular flexibility index (Phi) is 2.47. The normalized spacial score (nSPS) is 34.4. The molecule has 0 aromatic carbocycles. The first-order chi connectivity index (χ1) is 5.47. The van der Waals surface area contributed by atoms with Gasteiger partial charge in [0.1, 0.15) is 0 Å². The Morgan fingerprint density at radius 3 is 2.82 bits per heavy atom. The molecular weight excluding hydrogens is 136 g/mol. The summed E-state index contributed by atoms with van der Waals surface area (Å²) in [7, 11) is 0. The van der Waals surface area contributed by atoms with E-state index in [2.05, 4.69) is 6.42 Å². The van der Waals surface area contributed by atoms with Gasteiger partial charge in [-0.2, -0.15) is 0 Å². The van der Waals surface area contributed by atoms with Crippen LogP contribution in [0.25, 0.3) is 0 Å². The Hall–Kier alpha value is -0.0400. The van der Waals surface area contributed by atoms with Crippen molar-refractivity contribution in [3.8, 4) is 0 Å². The van der Waals surface area contributed by atoms with Gasteiger partial charge >= 0.3 is 0 Å². The van der Waals surface area contributed by atoms with Gasteiger partial charge in [-0.25, -0.2) is 0 Å². The number of hydrogen-bond donors (Lipinski definition) is 0. The van der Waals surface area contributed by atoms with Gasteiger partial charge in [0.15, 0.2) is 0 Å². The molecule has 2 rings (SSSR count). The maximum Gasteiger partial charge on any atom is 0.0838 e. The lowest BCUT2D eigenvalue weighted by atomic mass is 9.89. The molecule has 1 saturated carbocycles. The van der Waals surface area contributed by atoms with Crippen molar-refractivity contribution in [3.05, 3.63) is 6.42 Å². The molecule has 2 unspecified atom stereocenters. The van der Waals surface area contributed by atoms with Crippen LogP contribution in [0.15, 0.2) is 0 Å². The highest BCUT2D eigenvalue weighted by Gasteiger charge is 2.31. The van der Waals surface area contributed by atoms with Gasteiger partial charge in [0, 0.05) is 0 Å². The van der Waals surface area contributed by atoms with Gasteiger partial charge < -0.3 is 4.74 Å². The molecule has 0 spiro atoms. The molecule has 1 nitrogen and oxygen atoms in total. The lowest BCUT2D eigenvalue weighted by Crippen LogP contribution is -2.10. The molecule has 0 aromatic heterocycles. The van der Waals surface area contributed by atoms with Crippen molar-refractivity contribution in [2.24, 2.45) is 5.92 Å². The first-order valence-electron chi connectivity index (χ1n) is 4.90. The number of rotatable bonds is 1. The highest BCUT2D eigenvalue weighted by molar-refractivity contribution is 4.82. The zero-order valence-electron chi connectivity index (χ0n) is 7.09. The fourth-order valence-corrected chi connectivity index (χ4v) is 2.02. The molecule has 2 fully saturated rings. The first kappa shape index (κ1) is 7.60. The van der Waals surface area contributed by atoms with Crippen LogP contribution in [0.5, 0.6) is 0 Å². The Morgan fingerprint density at radius 1 is 1.09 bits per heavy atom. The SMILES string of the molecule is [CH]1CCCCC(C2CO2)CC1. The van der Waals surface area contributed by atoms with Crippen molar-refractivity contribution >= 4 is 0 Å². The molecule has 1 aliphatic heterocycles. The molecule has 63 valence electrons. The van der Waals surface area contributed by atoms with Crippen molar-refractivity contribution in [1.82, 2.24) is 0 Å². The van der Waals surface area contributed by atoms with E-state index in [1.807, 2.05) is 0 Å². The summed E-state index contributed by atoms with van der Waals surface area (Å²) in [5.74, 6) is 0.895. The molecule has 0 aromatic rings. The Labute approximate surface area is 69.1 Å². The van der Waals surface area contributed by atoms with Crippen LogP contribution in [-0.4, -0.2) is 12.7 Å². The smallest absolute Gasteiger partial charge is 0.0838 e. The predicted octanol–water partition coefficient (Wildman–Crippen LogP) is 2.56. The summed E-state index contributed by atoms with van der Waals surface area (Å²) in [6, 6.07) is 0. The van der Waals surface area contributed by atoms with Gasteiger partial charge in [-0.3, -0.25) is 0 Å². The van der Waals surface area contributed by atoms with E-state index in [0.29, 0.717) is 6.10 Å². The van der Waals surface area contributed by atoms with E-state index in [0.717, 1.165) is 12.5 Å². The quantitative estimate of drug-likeness (QED) is 0.527. The van der Waals surface area contributed by atoms with Crippen LogP contribution in [0.1, 0.15) is 38.5 Å². The molecule has 11 heavy (non-hydrogen) atoms. The molecule has 2 aliphatic rings. The van der Waals surface area contributed by atoms with Crippen LogP contribution in [0.4, 0.5) is 0 Å². The van der Waals surface area contributed by atoms with E-state index < -0.39 is 0 Å². The number of epoxide rings is 1. The van der Waals surface area contributed by atoms with Crippen molar-refractivity contribution in [2.45, 2.75) is 44.6 Å². The van der Waals surface area contributed by atoms with Crippen molar-refractivity contribution < 1.29 is 4.74 Å². The summed E-state index contributed by atoms with van der Waals surface area (Å²) in [6.07, 6.45) is 11.4. The summed E-state index contributed by atoms with van der Waals surface area (Å²) in [6.45, 7) is 1.05. The monoisotopic (exact) mass is 153 g/mol. The lowest BCUT2D eigenvalue weighted by molar-refractivity contribution is 0.290. The second-order valence-electron chi connectivity index (χ2n) is 3.78. The van der Waals surface area contributed by atoms with Crippen molar-refractivity contribution in [3.63, 3.8) is 0 Å². The van der Waals surface area contributed by atoms with Gasteiger partial charge in [-0.1, -0.05) is 19.3 Å². The minimum Gasteiger partial charge on any atom is -0.373 e. The summed E-state index contributed by atoms with van der Waals surface area (Å²) in [5.41, 5.74) is 0. The molecule has 1 heterocycles. The highest BCUT2D eigenvalue weighted by atomic mass is 16.6. The summed E-state index contributed by atoms with van der Waals surface area (Å²) in [5, 5.41) is 0. The molecule has 0 N–H and O–H groups in total. The van der Waals surface area contributed by atoms with E-state index in [-0.39, 0.29) is 0 Å². The van der Waals surface area contributed by atoms with Gasteiger partial charge in [-0.05, 0) is 31.6 Å². The average Bonchev–Trinajstić information content (AvgIpc) is 2.68. The van der Waals surface area contributed by atoms with Crippen LogP contribution in [0.2, 0.25) is 0 Å². The number of ether oxygens (including phenoxy) is 1. The van der Waals surface area contributed by atoms with Gasteiger partial charge in [0.25, 0.3) is 0 Å². The number of hydrogen-bond acceptors (Lipinski definition) is 1. The summed E-state index contributed by atoms with van der Waals surface area (Å²) < 4.78 is 5.33. The summed E-state index contributed by atoms with van der Waals surface area (Å²) >= 11 is 0. The largest absolute Gasteiger partial charge is 0.373 e. The van der Waals surface area contributed by atoms with E-state index in [9.17, 15) is 0 Å². The zero-order valence-corrected chi connectivity index (χ0v) is 7.09. The second-order valence-corrected chi connectivity index (χ2v) is 3.78. The third-order valence-corrected chi connectivity index (χ3v) is 2.86. The highest BCUT2D eigenvalue weighted by Crippen LogP contribution is 2.31. The maximum atomic E-state index is 5.33. The van der Waals surface area contributed by atoms with Crippen molar-refractivity contribution in [1.29, 1.82) is 0 Å². The topological polar surface area (TPSA) is 12.5 Å². The van der Waals surface area contributed by atoms with Crippen LogP contribution >= 0.6 is 0 Å².